The first-order valence-corrected chi connectivity index (χ1v) is 9.09. The van der Waals surface area contributed by atoms with E-state index in [4.69, 9.17) is 23.7 Å². The first kappa shape index (κ1) is 15.6. The molecule has 7 nitrogen and oxygen atoms in total. The van der Waals surface area contributed by atoms with Crippen molar-refractivity contribution < 1.29 is 28.8 Å². The van der Waals surface area contributed by atoms with E-state index in [0.717, 1.165) is 41.2 Å². The van der Waals surface area contributed by atoms with Crippen LogP contribution < -0.4 is 18.9 Å². The van der Waals surface area contributed by atoms with E-state index < -0.39 is 6.29 Å². The van der Waals surface area contributed by atoms with Gasteiger partial charge in [-0.15, -0.1) is 0 Å². The zero-order valence-electron chi connectivity index (χ0n) is 14.8. The molecule has 0 amide bonds. The fourth-order valence-electron chi connectivity index (χ4n) is 4.60. The first-order valence-electron chi connectivity index (χ1n) is 9.09. The molecule has 6 rings (SSSR count). The Kier molecular flexibility index (Phi) is 3.18. The van der Waals surface area contributed by atoms with E-state index in [2.05, 4.69) is 11.9 Å². The van der Waals surface area contributed by atoms with Crippen molar-refractivity contribution in [3.8, 4) is 23.0 Å². The molecule has 4 aliphatic heterocycles. The van der Waals surface area contributed by atoms with Crippen molar-refractivity contribution in [2.24, 2.45) is 0 Å². The third-order valence-corrected chi connectivity index (χ3v) is 5.89. The average molecular weight is 369 g/mol. The summed E-state index contributed by atoms with van der Waals surface area (Å²) in [6.45, 7) is 1.26. The monoisotopic (exact) mass is 369 g/mol. The molecule has 0 radical (unpaired) electrons. The van der Waals surface area contributed by atoms with Gasteiger partial charge in [0.05, 0.1) is 11.6 Å². The standard InChI is InChI=1S/C20H19NO6/c1-21-5-4-10-6-14-15(25-8-24-14)7-12(10)18-17(21)11-2-3-13-19(26-9-23-13)16(11)20(22)27-18/h2-3,6-7,17-18,20,22H,4-5,8-9H2,1H3/t17-,18+,20-/m0/s1. The van der Waals surface area contributed by atoms with Crippen LogP contribution in [0.25, 0.3) is 0 Å². The van der Waals surface area contributed by atoms with E-state index in [1.165, 1.54) is 0 Å². The van der Waals surface area contributed by atoms with Crippen molar-refractivity contribution in [2.75, 3.05) is 27.2 Å². The third-order valence-electron chi connectivity index (χ3n) is 5.89. The summed E-state index contributed by atoms with van der Waals surface area (Å²) in [7, 11) is 2.08. The van der Waals surface area contributed by atoms with E-state index in [1.807, 2.05) is 24.3 Å². The average Bonchev–Trinajstić information content (AvgIpc) is 3.30. The highest BCUT2D eigenvalue weighted by molar-refractivity contribution is 5.56. The normalized spacial score (nSPS) is 27.6. The van der Waals surface area contributed by atoms with Crippen LogP contribution in [-0.2, 0) is 11.2 Å². The van der Waals surface area contributed by atoms with Crippen LogP contribution in [0.1, 0.15) is 40.7 Å². The van der Waals surface area contributed by atoms with E-state index in [1.54, 1.807) is 0 Å². The van der Waals surface area contributed by atoms with Crippen LogP contribution in [0.5, 0.6) is 23.0 Å². The lowest BCUT2D eigenvalue weighted by atomic mass is 9.87. The van der Waals surface area contributed by atoms with Crippen LogP contribution >= 0.6 is 0 Å². The summed E-state index contributed by atoms with van der Waals surface area (Å²) in [5.74, 6) is 2.73. The van der Waals surface area contributed by atoms with Gasteiger partial charge in [-0.05, 0) is 48.4 Å². The molecule has 0 aliphatic carbocycles. The van der Waals surface area contributed by atoms with Gasteiger partial charge in [0.1, 0.15) is 6.10 Å². The number of ether oxygens (including phenoxy) is 5. The summed E-state index contributed by atoms with van der Waals surface area (Å²) in [5.41, 5.74) is 3.88. The fraction of sp³-hybridized carbons (Fsp3) is 0.400. The number of aliphatic hydroxyl groups excluding tert-OH is 1. The minimum Gasteiger partial charge on any atom is -0.454 e. The van der Waals surface area contributed by atoms with Crippen LogP contribution in [0.4, 0.5) is 0 Å². The molecule has 7 heteroatoms. The van der Waals surface area contributed by atoms with Crippen molar-refractivity contribution in [3.05, 3.63) is 46.5 Å². The molecule has 0 saturated heterocycles. The van der Waals surface area contributed by atoms with Gasteiger partial charge in [0.15, 0.2) is 29.3 Å². The van der Waals surface area contributed by atoms with E-state index in [9.17, 15) is 5.11 Å². The minimum absolute atomic E-state index is 0.0421. The predicted molar refractivity (Wildman–Crippen MR) is 93.0 cm³/mol. The number of aliphatic hydroxyl groups is 1. The van der Waals surface area contributed by atoms with Crippen molar-refractivity contribution >= 4 is 0 Å². The van der Waals surface area contributed by atoms with Gasteiger partial charge in [-0.25, -0.2) is 0 Å². The summed E-state index contributed by atoms with van der Waals surface area (Å²) in [6.07, 6.45) is -0.526. The Morgan fingerprint density at radius 2 is 1.74 bits per heavy atom. The largest absolute Gasteiger partial charge is 0.454 e. The maximum absolute atomic E-state index is 10.8. The Labute approximate surface area is 156 Å². The molecule has 0 aromatic heterocycles. The van der Waals surface area contributed by atoms with Crippen LogP contribution in [0.2, 0.25) is 0 Å². The van der Waals surface area contributed by atoms with Gasteiger partial charge in [0.25, 0.3) is 0 Å². The molecular formula is C20H19NO6. The quantitative estimate of drug-likeness (QED) is 0.765. The lowest BCUT2D eigenvalue weighted by Crippen LogP contribution is -2.35. The number of hydrogen-bond donors (Lipinski definition) is 1. The highest BCUT2D eigenvalue weighted by atomic mass is 16.7. The molecule has 140 valence electrons. The number of benzene rings is 2. The SMILES string of the molecule is CN1CCc2cc3c(cc2[C@H]2O[C@H](O)c4c(ccc5c4OCO5)[C@@H]21)OCO3. The summed E-state index contributed by atoms with van der Waals surface area (Å²) in [6, 6.07) is 7.92. The Balaban J connectivity index is 1.53. The van der Waals surface area contributed by atoms with Gasteiger partial charge in [0.2, 0.25) is 13.6 Å². The predicted octanol–water partition coefficient (Wildman–Crippen LogP) is 2.44. The fourth-order valence-corrected chi connectivity index (χ4v) is 4.60. The maximum Gasteiger partial charge on any atom is 0.231 e. The summed E-state index contributed by atoms with van der Waals surface area (Å²) < 4.78 is 28.4. The number of hydrogen-bond acceptors (Lipinski definition) is 7. The number of nitrogens with zero attached hydrogens (tertiary/aromatic N) is 1. The smallest absolute Gasteiger partial charge is 0.231 e. The first-order chi connectivity index (χ1) is 13.2. The Morgan fingerprint density at radius 1 is 0.963 bits per heavy atom. The Hall–Kier alpha value is -2.48. The second kappa shape index (κ2) is 5.51. The molecule has 0 bridgehead atoms. The van der Waals surface area contributed by atoms with Crippen molar-refractivity contribution in [2.45, 2.75) is 24.9 Å². The van der Waals surface area contributed by atoms with E-state index in [-0.39, 0.29) is 25.7 Å². The highest BCUT2D eigenvalue weighted by Crippen LogP contribution is 2.54. The van der Waals surface area contributed by atoms with Crippen LogP contribution in [0.3, 0.4) is 0 Å². The second-order valence-electron chi connectivity index (χ2n) is 7.29. The van der Waals surface area contributed by atoms with Gasteiger partial charge in [-0.1, -0.05) is 6.07 Å². The summed E-state index contributed by atoms with van der Waals surface area (Å²) in [4.78, 5) is 2.27. The summed E-state index contributed by atoms with van der Waals surface area (Å²) in [5, 5.41) is 10.8. The van der Waals surface area contributed by atoms with Gasteiger partial charge >= 0.3 is 0 Å². The molecule has 4 aliphatic rings. The van der Waals surface area contributed by atoms with E-state index in [0.29, 0.717) is 17.1 Å². The van der Waals surface area contributed by atoms with Gasteiger partial charge in [0, 0.05) is 6.54 Å². The van der Waals surface area contributed by atoms with Crippen LogP contribution in [0, 0.1) is 0 Å². The molecule has 0 unspecified atom stereocenters. The molecule has 0 fully saturated rings. The lowest BCUT2D eigenvalue weighted by Gasteiger charge is -2.40. The second-order valence-corrected chi connectivity index (χ2v) is 7.29. The van der Waals surface area contributed by atoms with Gasteiger partial charge in [-0.3, -0.25) is 4.90 Å². The highest BCUT2D eigenvalue weighted by Gasteiger charge is 2.44. The van der Waals surface area contributed by atoms with Crippen LogP contribution in [0.15, 0.2) is 24.3 Å². The van der Waals surface area contributed by atoms with Crippen LogP contribution in [-0.4, -0.2) is 37.2 Å². The molecule has 4 heterocycles. The molecule has 27 heavy (non-hydrogen) atoms. The third kappa shape index (κ3) is 2.13. The zero-order chi connectivity index (χ0) is 18.1. The molecule has 3 atom stereocenters. The minimum atomic E-state index is -1.08. The van der Waals surface area contributed by atoms with Crippen molar-refractivity contribution in [3.63, 3.8) is 0 Å². The topological polar surface area (TPSA) is 69.6 Å². The molecule has 2 aromatic carbocycles. The number of likely N-dealkylation sites (N-methyl/N-ethyl adjacent to an activating group) is 1. The maximum atomic E-state index is 10.8. The summed E-state index contributed by atoms with van der Waals surface area (Å²) >= 11 is 0. The number of rotatable bonds is 0. The molecule has 1 N–H and O–H groups in total. The molecular weight excluding hydrogens is 350 g/mol. The van der Waals surface area contributed by atoms with Crippen molar-refractivity contribution in [1.82, 2.24) is 4.90 Å². The lowest BCUT2D eigenvalue weighted by molar-refractivity contribution is -0.174. The number of fused-ring (bicyclic) bond motifs is 8. The van der Waals surface area contributed by atoms with Gasteiger partial charge in [-0.2, -0.15) is 0 Å². The van der Waals surface area contributed by atoms with E-state index >= 15 is 0 Å². The van der Waals surface area contributed by atoms with Crippen molar-refractivity contribution in [1.29, 1.82) is 0 Å². The molecule has 0 saturated carbocycles. The molecule has 0 spiro atoms. The van der Waals surface area contributed by atoms with Gasteiger partial charge < -0.3 is 28.8 Å². The zero-order valence-corrected chi connectivity index (χ0v) is 14.8. The molecule has 2 aromatic rings. The Bertz CT molecular complexity index is 945. The Morgan fingerprint density at radius 3 is 2.63 bits per heavy atom.